The van der Waals surface area contributed by atoms with Crippen molar-refractivity contribution in [1.29, 1.82) is 0 Å². The molecule has 25 heavy (non-hydrogen) atoms. The predicted molar refractivity (Wildman–Crippen MR) is 97.9 cm³/mol. The molecular formula is C18H16N4O2S. The Balaban J connectivity index is 1.86. The Morgan fingerprint density at radius 1 is 0.960 bits per heavy atom. The Labute approximate surface area is 148 Å². The molecule has 0 radical (unpaired) electrons. The number of primary amides is 1. The molecule has 1 aromatic heterocycles. The van der Waals surface area contributed by atoms with Crippen LogP contribution in [0.3, 0.4) is 0 Å². The number of carbonyl (C=O) groups excluding carboxylic acids is 2. The number of nitrogens with two attached hydrogens (primary N) is 1. The maximum absolute atomic E-state index is 11.8. The number of amides is 2. The van der Waals surface area contributed by atoms with Gasteiger partial charge in [0.25, 0.3) is 0 Å². The fourth-order valence-electron chi connectivity index (χ4n) is 2.37. The van der Waals surface area contributed by atoms with Crippen LogP contribution in [0, 0.1) is 0 Å². The number of rotatable bonds is 6. The van der Waals surface area contributed by atoms with Crippen LogP contribution >= 0.6 is 11.8 Å². The number of hydrogen-bond acceptors (Lipinski definition) is 5. The number of aromatic nitrogens is 2. The quantitative estimate of drug-likeness (QED) is 0.661. The monoisotopic (exact) mass is 352 g/mol. The summed E-state index contributed by atoms with van der Waals surface area (Å²) in [6.45, 7) is -0.168. The molecule has 2 aromatic carbocycles. The van der Waals surface area contributed by atoms with Crippen molar-refractivity contribution in [3.63, 3.8) is 0 Å². The van der Waals surface area contributed by atoms with Crippen LogP contribution in [0.25, 0.3) is 22.0 Å². The zero-order chi connectivity index (χ0) is 17.6. The highest BCUT2D eigenvalue weighted by atomic mass is 32.2. The zero-order valence-electron chi connectivity index (χ0n) is 13.3. The first-order chi connectivity index (χ1) is 12.1. The number of nitrogens with zero attached hydrogens (tertiary/aromatic N) is 2. The molecule has 2 amide bonds. The lowest BCUT2D eigenvalue weighted by Gasteiger charge is -2.09. The Morgan fingerprint density at radius 3 is 2.36 bits per heavy atom. The van der Waals surface area contributed by atoms with Crippen LogP contribution in [0.4, 0.5) is 0 Å². The third-order valence-electron chi connectivity index (χ3n) is 3.50. The molecular weight excluding hydrogens is 336 g/mol. The first-order valence-corrected chi connectivity index (χ1v) is 8.62. The molecule has 0 fully saturated rings. The van der Waals surface area contributed by atoms with Gasteiger partial charge < -0.3 is 11.1 Å². The van der Waals surface area contributed by atoms with Crippen molar-refractivity contribution in [2.24, 2.45) is 5.73 Å². The van der Waals surface area contributed by atoms with E-state index < -0.39 is 5.91 Å². The highest BCUT2D eigenvalue weighted by Crippen LogP contribution is 2.31. The van der Waals surface area contributed by atoms with Crippen molar-refractivity contribution in [2.75, 3.05) is 12.3 Å². The Kier molecular flexibility index (Phi) is 5.25. The van der Waals surface area contributed by atoms with E-state index in [0.29, 0.717) is 5.03 Å². The predicted octanol–water partition coefficient (Wildman–Crippen LogP) is 1.99. The van der Waals surface area contributed by atoms with Gasteiger partial charge in [-0.15, -0.1) is 10.2 Å². The van der Waals surface area contributed by atoms with Crippen LogP contribution in [0.15, 0.2) is 59.6 Å². The number of fused-ring (bicyclic) bond motifs is 1. The minimum absolute atomic E-state index is 0.136. The Morgan fingerprint density at radius 2 is 1.64 bits per heavy atom. The van der Waals surface area contributed by atoms with E-state index >= 15 is 0 Å². The van der Waals surface area contributed by atoms with Gasteiger partial charge in [-0.25, -0.2) is 0 Å². The van der Waals surface area contributed by atoms with Crippen molar-refractivity contribution in [1.82, 2.24) is 15.5 Å². The van der Waals surface area contributed by atoms with Gasteiger partial charge in [0.15, 0.2) is 0 Å². The SMILES string of the molecule is NC(=O)CNC(=O)CSc1nnc(-c2ccccc2)c2ccccc12. The first-order valence-electron chi connectivity index (χ1n) is 7.64. The molecule has 0 saturated heterocycles. The highest BCUT2D eigenvalue weighted by Gasteiger charge is 2.12. The third-order valence-corrected chi connectivity index (χ3v) is 4.48. The second-order valence-electron chi connectivity index (χ2n) is 5.30. The molecule has 0 aliphatic carbocycles. The van der Waals surface area contributed by atoms with Crippen LogP contribution in [0.1, 0.15) is 0 Å². The topological polar surface area (TPSA) is 98.0 Å². The summed E-state index contributed by atoms with van der Waals surface area (Å²) in [5, 5.41) is 13.7. The van der Waals surface area contributed by atoms with Gasteiger partial charge >= 0.3 is 0 Å². The minimum Gasteiger partial charge on any atom is -0.368 e. The zero-order valence-corrected chi connectivity index (χ0v) is 14.1. The fourth-order valence-corrected chi connectivity index (χ4v) is 3.17. The van der Waals surface area contributed by atoms with Crippen LogP contribution in [-0.2, 0) is 9.59 Å². The van der Waals surface area contributed by atoms with Gasteiger partial charge in [-0.3, -0.25) is 9.59 Å². The van der Waals surface area contributed by atoms with Crippen molar-refractivity contribution in [3.8, 4) is 11.3 Å². The number of benzene rings is 2. The molecule has 0 atom stereocenters. The summed E-state index contributed by atoms with van der Waals surface area (Å²) in [7, 11) is 0. The molecule has 0 aliphatic rings. The summed E-state index contributed by atoms with van der Waals surface area (Å²) in [4.78, 5) is 22.5. The fraction of sp³-hybridized carbons (Fsp3) is 0.111. The maximum atomic E-state index is 11.8. The molecule has 0 saturated carbocycles. The summed E-state index contributed by atoms with van der Waals surface area (Å²) in [5.74, 6) is -0.714. The molecule has 6 nitrogen and oxygen atoms in total. The van der Waals surface area contributed by atoms with Gasteiger partial charge in [0, 0.05) is 16.3 Å². The van der Waals surface area contributed by atoms with Gasteiger partial charge in [-0.2, -0.15) is 0 Å². The van der Waals surface area contributed by atoms with E-state index in [4.69, 9.17) is 5.73 Å². The summed E-state index contributed by atoms with van der Waals surface area (Å²) in [6.07, 6.45) is 0. The number of hydrogen-bond donors (Lipinski definition) is 2. The van der Waals surface area contributed by atoms with Gasteiger partial charge in [-0.1, -0.05) is 66.4 Å². The molecule has 7 heteroatoms. The maximum Gasteiger partial charge on any atom is 0.236 e. The van der Waals surface area contributed by atoms with E-state index in [1.54, 1.807) is 0 Å². The van der Waals surface area contributed by atoms with Gasteiger partial charge in [0.05, 0.1) is 12.3 Å². The summed E-state index contributed by atoms with van der Waals surface area (Å²) < 4.78 is 0. The van der Waals surface area contributed by atoms with Gasteiger partial charge in [0.1, 0.15) is 10.7 Å². The smallest absolute Gasteiger partial charge is 0.236 e. The molecule has 3 N–H and O–H groups in total. The lowest BCUT2D eigenvalue weighted by Crippen LogP contribution is -2.34. The molecule has 0 spiro atoms. The van der Waals surface area contributed by atoms with Crippen LogP contribution in [0.2, 0.25) is 0 Å². The number of thioether (sulfide) groups is 1. The van der Waals surface area contributed by atoms with Crippen molar-refractivity contribution in [3.05, 3.63) is 54.6 Å². The van der Waals surface area contributed by atoms with E-state index in [9.17, 15) is 9.59 Å². The molecule has 3 rings (SSSR count). The molecule has 0 aliphatic heterocycles. The first kappa shape index (κ1) is 16.9. The van der Waals surface area contributed by atoms with Crippen molar-refractivity contribution in [2.45, 2.75) is 5.03 Å². The van der Waals surface area contributed by atoms with Gasteiger partial charge in [-0.05, 0) is 0 Å². The number of nitrogens with one attached hydrogen (secondary N) is 1. The third kappa shape index (κ3) is 4.13. The summed E-state index contributed by atoms with van der Waals surface area (Å²) >= 11 is 1.28. The van der Waals surface area contributed by atoms with Crippen LogP contribution in [-0.4, -0.2) is 34.3 Å². The Hall–Kier alpha value is -2.93. The van der Waals surface area contributed by atoms with Crippen molar-refractivity contribution < 1.29 is 9.59 Å². The van der Waals surface area contributed by atoms with Gasteiger partial charge in [0.2, 0.25) is 11.8 Å². The minimum atomic E-state index is -0.573. The van der Waals surface area contributed by atoms with E-state index in [-0.39, 0.29) is 18.2 Å². The molecule has 3 aromatic rings. The molecule has 1 heterocycles. The van der Waals surface area contributed by atoms with E-state index in [0.717, 1.165) is 22.0 Å². The molecule has 126 valence electrons. The summed E-state index contributed by atoms with van der Waals surface area (Å²) in [6, 6.07) is 17.7. The number of carbonyl (C=O) groups is 2. The second-order valence-corrected chi connectivity index (χ2v) is 6.26. The highest BCUT2D eigenvalue weighted by molar-refractivity contribution is 8.00. The normalized spacial score (nSPS) is 10.6. The van der Waals surface area contributed by atoms with E-state index in [1.807, 2.05) is 54.6 Å². The average molecular weight is 352 g/mol. The summed E-state index contributed by atoms with van der Waals surface area (Å²) in [5.41, 5.74) is 6.80. The Bertz CT molecular complexity index is 915. The lowest BCUT2D eigenvalue weighted by molar-refractivity contribution is -0.123. The van der Waals surface area contributed by atoms with E-state index in [1.165, 1.54) is 11.8 Å². The molecule has 0 unspecified atom stereocenters. The molecule has 0 bridgehead atoms. The van der Waals surface area contributed by atoms with Crippen LogP contribution < -0.4 is 11.1 Å². The second kappa shape index (κ2) is 7.76. The van der Waals surface area contributed by atoms with Crippen LogP contribution in [0.5, 0.6) is 0 Å². The lowest BCUT2D eigenvalue weighted by atomic mass is 10.1. The van der Waals surface area contributed by atoms with E-state index in [2.05, 4.69) is 15.5 Å². The standard InChI is InChI=1S/C18H16N4O2S/c19-15(23)10-20-16(24)11-25-18-14-9-5-4-8-13(14)17(21-22-18)12-6-2-1-3-7-12/h1-9H,10-11H2,(H2,19,23)(H,20,24). The van der Waals surface area contributed by atoms with Crippen molar-refractivity contribution >= 4 is 34.3 Å². The average Bonchev–Trinajstić information content (AvgIpc) is 2.65. The largest absolute Gasteiger partial charge is 0.368 e.